The van der Waals surface area contributed by atoms with Crippen molar-refractivity contribution in [3.8, 4) is 11.8 Å². The van der Waals surface area contributed by atoms with Crippen LogP contribution in [-0.2, 0) is 4.79 Å². The first-order valence-corrected chi connectivity index (χ1v) is 8.15. The van der Waals surface area contributed by atoms with E-state index < -0.39 is 0 Å². The second-order valence-electron chi connectivity index (χ2n) is 6.51. The highest BCUT2D eigenvalue weighted by molar-refractivity contribution is 6.01. The highest BCUT2D eigenvalue weighted by Crippen LogP contribution is 2.25. The van der Waals surface area contributed by atoms with Crippen LogP contribution in [0, 0.1) is 31.1 Å². The van der Waals surface area contributed by atoms with E-state index in [4.69, 9.17) is 0 Å². The second kappa shape index (κ2) is 7.32. The van der Waals surface area contributed by atoms with Gasteiger partial charge in [0, 0.05) is 6.04 Å². The number of hydrogen-bond acceptors (Lipinski definition) is 3. The molecule has 4 nitrogen and oxygen atoms in total. The van der Waals surface area contributed by atoms with Crippen LogP contribution in [0.5, 0.6) is 5.75 Å². The molecule has 23 heavy (non-hydrogen) atoms. The van der Waals surface area contributed by atoms with Gasteiger partial charge in [0.05, 0.1) is 0 Å². The maximum absolute atomic E-state index is 12.4. The summed E-state index contributed by atoms with van der Waals surface area (Å²) < 4.78 is 0. The van der Waals surface area contributed by atoms with E-state index in [0.29, 0.717) is 5.92 Å². The normalized spacial score (nSPS) is 21.6. The van der Waals surface area contributed by atoms with Crippen LogP contribution in [0.3, 0.4) is 0 Å². The van der Waals surface area contributed by atoms with Crippen LogP contribution in [0.4, 0.5) is 0 Å². The molecular weight excluding hydrogens is 288 g/mol. The minimum Gasteiger partial charge on any atom is -0.507 e. The first kappa shape index (κ1) is 17.1. The Hall–Kier alpha value is -2.28. The molecular formula is C19H24N2O2. The monoisotopic (exact) mass is 312 g/mol. The van der Waals surface area contributed by atoms with E-state index in [1.165, 1.54) is 6.42 Å². The van der Waals surface area contributed by atoms with Gasteiger partial charge in [-0.1, -0.05) is 19.8 Å². The maximum Gasteiger partial charge on any atom is 0.262 e. The van der Waals surface area contributed by atoms with Crippen LogP contribution in [0.1, 0.15) is 49.3 Å². The van der Waals surface area contributed by atoms with Gasteiger partial charge in [0.15, 0.2) is 0 Å². The topological polar surface area (TPSA) is 73.1 Å². The number of nitrogens with one attached hydrogen (secondary N) is 1. The number of carbonyl (C=O) groups is 1. The van der Waals surface area contributed by atoms with Crippen molar-refractivity contribution in [1.82, 2.24) is 5.32 Å². The molecule has 0 saturated heterocycles. The van der Waals surface area contributed by atoms with E-state index in [1.54, 1.807) is 32.1 Å². The summed E-state index contributed by atoms with van der Waals surface area (Å²) >= 11 is 0. The summed E-state index contributed by atoms with van der Waals surface area (Å²) in [6.07, 6.45) is 6.01. The highest BCUT2D eigenvalue weighted by Gasteiger charge is 2.24. The minimum atomic E-state index is -0.311. The maximum atomic E-state index is 12.4. The number of nitrogens with zero attached hydrogens (tertiary/aromatic N) is 1. The number of phenolic OH excluding ortho intramolecular Hbond substituents is 1. The van der Waals surface area contributed by atoms with Crippen molar-refractivity contribution in [2.45, 2.75) is 52.5 Å². The van der Waals surface area contributed by atoms with Gasteiger partial charge in [-0.15, -0.1) is 0 Å². The lowest BCUT2D eigenvalue weighted by Crippen LogP contribution is -2.41. The molecule has 0 heterocycles. The third-order valence-corrected chi connectivity index (χ3v) is 4.62. The molecule has 0 spiro atoms. The van der Waals surface area contributed by atoms with E-state index in [2.05, 4.69) is 12.2 Å². The van der Waals surface area contributed by atoms with E-state index in [1.807, 2.05) is 6.07 Å². The van der Waals surface area contributed by atoms with Crippen LogP contribution < -0.4 is 5.32 Å². The van der Waals surface area contributed by atoms with Gasteiger partial charge in [-0.3, -0.25) is 4.79 Å². The Morgan fingerprint density at radius 2 is 1.91 bits per heavy atom. The first-order chi connectivity index (χ1) is 10.9. The van der Waals surface area contributed by atoms with Crippen molar-refractivity contribution in [2.75, 3.05) is 0 Å². The summed E-state index contributed by atoms with van der Waals surface area (Å²) in [5.74, 6) is 0.390. The lowest BCUT2D eigenvalue weighted by atomic mass is 9.86. The predicted octanol–water partition coefficient (Wildman–Crippen LogP) is 3.61. The average Bonchev–Trinajstić information content (AvgIpc) is 2.52. The van der Waals surface area contributed by atoms with Crippen LogP contribution in [0.15, 0.2) is 17.7 Å². The summed E-state index contributed by atoms with van der Waals surface area (Å²) in [4.78, 5) is 12.4. The standard InChI is InChI=1S/C19H24N2O2/c1-12-6-4-5-7-17(12)21-19(23)16(11-20)10-15-8-13(2)18(22)14(3)9-15/h8-10,12,17,22H,4-7H2,1-3H3,(H,21,23)/b16-10+/t12-,17+/m1/s1. The van der Waals surface area contributed by atoms with Gasteiger partial charge in [0.1, 0.15) is 17.4 Å². The molecule has 2 atom stereocenters. The fourth-order valence-electron chi connectivity index (χ4n) is 3.16. The average molecular weight is 312 g/mol. The van der Waals surface area contributed by atoms with Gasteiger partial charge in [-0.25, -0.2) is 0 Å². The van der Waals surface area contributed by atoms with Crippen LogP contribution in [0.25, 0.3) is 6.08 Å². The molecule has 1 saturated carbocycles. The Morgan fingerprint density at radius 1 is 1.30 bits per heavy atom. The molecule has 1 fully saturated rings. The molecule has 2 rings (SSSR count). The Kier molecular flexibility index (Phi) is 5.44. The zero-order valence-corrected chi connectivity index (χ0v) is 14.0. The number of benzene rings is 1. The van der Waals surface area contributed by atoms with Crippen molar-refractivity contribution in [3.63, 3.8) is 0 Å². The van der Waals surface area contributed by atoms with Crippen LogP contribution >= 0.6 is 0 Å². The molecule has 0 aliphatic heterocycles. The summed E-state index contributed by atoms with van der Waals surface area (Å²) in [5.41, 5.74) is 2.32. The number of aryl methyl sites for hydroxylation is 2. The molecule has 0 aromatic heterocycles. The van der Waals surface area contributed by atoms with Gasteiger partial charge in [0.2, 0.25) is 0 Å². The molecule has 122 valence electrons. The number of carbonyl (C=O) groups excluding carboxylic acids is 1. The number of nitriles is 1. The van der Waals surface area contributed by atoms with E-state index >= 15 is 0 Å². The number of rotatable bonds is 3. The van der Waals surface area contributed by atoms with Crippen LogP contribution in [0.2, 0.25) is 0 Å². The van der Waals surface area contributed by atoms with Crippen molar-refractivity contribution in [3.05, 3.63) is 34.4 Å². The number of aromatic hydroxyl groups is 1. The molecule has 0 bridgehead atoms. The fourth-order valence-corrected chi connectivity index (χ4v) is 3.16. The van der Waals surface area contributed by atoms with Gasteiger partial charge < -0.3 is 10.4 Å². The summed E-state index contributed by atoms with van der Waals surface area (Å²) in [6, 6.07) is 5.69. The molecule has 1 amide bonds. The lowest BCUT2D eigenvalue weighted by molar-refractivity contribution is -0.118. The smallest absolute Gasteiger partial charge is 0.262 e. The van der Waals surface area contributed by atoms with E-state index in [-0.39, 0.29) is 23.3 Å². The Balaban J connectivity index is 2.18. The van der Waals surface area contributed by atoms with Crippen molar-refractivity contribution in [2.24, 2.45) is 5.92 Å². The quantitative estimate of drug-likeness (QED) is 0.661. The number of hydrogen-bond donors (Lipinski definition) is 2. The van der Waals surface area contributed by atoms with Crippen molar-refractivity contribution >= 4 is 12.0 Å². The molecule has 1 aliphatic rings. The Labute approximate surface area is 137 Å². The Morgan fingerprint density at radius 3 is 2.48 bits per heavy atom. The van der Waals surface area contributed by atoms with Crippen molar-refractivity contribution < 1.29 is 9.90 Å². The largest absolute Gasteiger partial charge is 0.507 e. The highest BCUT2D eigenvalue weighted by atomic mass is 16.3. The Bertz CT molecular complexity index is 647. The SMILES string of the molecule is Cc1cc(/C=C(\C#N)C(=O)N[C@H]2CCCC[C@H]2C)cc(C)c1O. The van der Waals surface area contributed by atoms with E-state index in [0.717, 1.165) is 36.0 Å². The fraction of sp³-hybridized carbons (Fsp3) is 0.474. The zero-order chi connectivity index (χ0) is 17.0. The van der Waals surface area contributed by atoms with Crippen LogP contribution in [-0.4, -0.2) is 17.1 Å². The summed E-state index contributed by atoms with van der Waals surface area (Å²) in [5, 5.41) is 22.1. The molecule has 1 aromatic carbocycles. The molecule has 2 N–H and O–H groups in total. The molecule has 4 heteroatoms. The summed E-state index contributed by atoms with van der Waals surface area (Å²) in [7, 11) is 0. The number of amides is 1. The molecule has 1 aliphatic carbocycles. The molecule has 0 unspecified atom stereocenters. The summed E-state index contributed by atoms with van der Waals surface area (Å²) in [6.45, 7) is 5.75. The minimum absolute atomic E-state index is 0.104. The third kappa shape index (κ3) is 4.13. The molecule has 0 radical (unpaired) electrons. The second-order valence-corrected chi connectivity index (χ2v) is 6.51. The predicted molar refractivity (Wildman–Crippen MR) is 90.7 cm³/mol. The van der Waals surface area contributed by atoms with Gasteiger partial charge in [-0.05, 0) is 67.5 Å². The zero-order valence-electron chi connectivity index (χ0n) is 14.0. The van der Waals surface area contributed by atoms with E-state index in [9.17, 15) is 15.2 Å². The van der Waals surface area contributed by atoms with Gasteiger partial charge in [-0.2, -0.15) is 5.26 Å². The molecule has 1 aromatic rings. The first-order valence-electron chi connectivity index (χ1n) is 8.15. The lowest BCUT2D eigenvalue weighted by Gasteiger charge is -2.29. The number of phenols is 1. The van der Waals surface area contributed by atoms with Gasteiger partial charge in [0.25, 0.3) is 5.91 Å². The third-order valence-electron chi connectivity index (χ3n) is 4.62. The van der Waals surface area contributed by atoms with Crippen molar-refractivity contribution in [1.29, 1.82) is 5.26 Å². The van der Waals surface area contributed by atoms with Gasteiger partial charge >= 0.3 is 0 Å².